The molecule has 0 saturated heterocycles. The van der Waals surface area contributed by atoms with Crippen molar-refractivity contribution >= 4 is 5.65 Å². The molecule has 0 saturated carbocycles. The van der Waals surface area contributed by atoms with Crippen molar-refractivity contribution in [2.45, 2.75) is 13.3 Å². The molecule has 104 valence electrons. The Morgan fingerprint density at radius 1 is 1.19 bits per heavy atom. The summed E-state index contributed by atoms with van der Waals surface area (Å²) in [7, 11) is 1.64. The third-order valence-electron chi connectivity index (χ3n) is 3.48. The molecule has 0 unspecified atom stereocenters. The summed E-state index contributed by atoms with van der Waals surface area (Å²) in [5, 5.41) is 9.11. The quantitative estimate of drug-likeness (QED) is 0.737. The van der Waals surface area contributed by atoms with E-state index in [0.29, 0.717) is 6.42 Å². The second-order valence-electron chi connectivity index (χ2n) is 4.91. The van der Waals surface area contributed by atoms with Crippen LogP contribution in [0, 0.1) is 18.3 Å². The summed E-state index contributed by atoms with van der Waals surface area (Å²) in [6, 6.07) is 14.0. The maximum Gasteiger partial charge on any atom is 0.137 e. The molecule has 0 aliphatic rings. The average Bonchev–Trinajstić information content (AvgIpc) is 2.86. The normalized spacial score (nSPS) is 10.5. The van der Waals surface area contributed by atoms with Crippen LogP contribution in [0.15, 0.2) is 42.6 Å². The van der Waals surface area contributed by atoms with Gasteiger partial charge in [0, 0.05) is 11.8 Å². The van der Waals surface area contributed by atoms with Gasteiger partial charge in [-0.1, -0.05) is 6.07 Å². The van der Waals surface area contributed by atoms with Gasteiger partial charge in [-0.05, 0) is 42.8 Å². The number of imidazole rings is 1. The molecule has 0 N–H and O–H groups in total. The Kier molecular flexibility index (Phi) is 3.33. The minimum atomic E-state index is 0.325. The molecule has 0 spiro atoms. The molecule has 0 aliphatic carbocycles. The molecule has 0 atom stereocenters. The predicted octanol–water partition coefficient (Wildman–Crippen LogP) is 3.38. The first-order chi connectivity index (χ1) is 10.2. The van der Waals surface area contributed by atoms with Gasteiger partial charge in [-0.2, -0.15) is 5.26 Å². The molecule has 2 heterocycles. The van der Waals surface area contributed by atoms with Crippen LogP contribution in [0.25, 0.3) is 16.9 Å². The number of aryl methyl sites for hydroxylation is 1. The predicted molar refractivity (Wildman–Crippen MR) is 81.2 cm³/mol. The summed E-state index contributed by atoms with van der Waals surface area (Å²) >= 11 is 0. The first-order valence-electron chi connectivity index (χ1n) is 6.72. The van der Waals surface area contributed by atoms with Crippen LogP contribution in [0.4, 0.5) is 0 Å². The van der Waals surface area contributed by atoms with Gasteiger partial charge in [0.05, 0.1) is 31.0 Å². The summed E-state index contributed by atoms with van der Waals surface area (Å²) in [5.74, 6) is 0.806. The molecule has 3 aromatic rings. The molecular formula is C17H15N3O. The molecule has 21 heavy (non-hydrogen) atoms. The number of methoxy groups -OCH3 is 1. The van der Waals surface area contributed by atoms with Gasteiger partial charge < -0.3 is 9.14 Å². The SMILES string of the molecule is COc1ccc(-c2nc3ccc(C)cn3c2CC#N)cc1. The van der Waals surface area contributed by atoms with Crippen LogP contribution in [0.3, 0.4) is 0 Å². The standard InChI is InChI=1S/C17H15N3O/c1-12-3-8-16-19-17(15(9-10-18)20(16)11-12)13-4-6-14(21-2)7-5-13/h3-8,11H,9H2,1-2H3. The summed E-state index contributed by atoms with van der Waals surface area (Å²) in [4.78, 5) is 4.67. The molecule has 4 nitrogen and oxygen atoms in total. The van der Waals surface area contributed by atoms with E-state index in [4.69, 9.17) is 10.00 Å². The largest absolute Gasteiger partial charge is 0.497 e. The van der Waals surface area contributed by atoms with E-state index < -0.39 is 0 Å². The lowest BCUT2D eigenvalue weighted by Crippen LogP contribution is -1.94. The zero-order valence-electron chi connectivity index (χ0n) is 12.0. The van der Waals surface area contributed by atoms with E-state index in [1.165, 1.54) is 0 Å². The summed E-state index contributed by atoms with van der Waals surface area (Å²) in [6.07, 6.45) is 2.34. The van der Waals surface area contributed by atoms with E-state index in [9.17, 15) is 0 Å². The van der Waals surface area contributed by atoms with Crippen molar-refractivity contribution in [3.05, 3.63) is 53.9 Å². The topological polar surface area (TPSA) is 50.3 Å². The van der Waals surface area contributed by atoms with Gasteiger partial charge in [-0.25, -0.2) is 4.98 Å². The molecule has 4 heteroatoms. The molecule has 0 bridgehead atoms. The lowest BCUT2D eigenvalue weighted by Gasteiger charge is -2.03. The Hall–Kier alpha value is -2.80. The molecule has 2 aromatic heterocycles. The van der Waals surface area contributed by atoms with Crippen molar-refractivity contribution in [2.75, 3.05) is 7.11 Å². The van der Waals surface area contributed by atoms with Crippen molar-refractivity contribution in [2.24, 2.45) is 0 Å². The molecule has 3 rings (SSSR count). The molecule has 0 amide bonds. The lowest BCUT2D eigenvalue weighted by molar-refractivity contribution is 0.415. The molecule has 1 aromatic carbocycles. The lowest BCUT2D eigenvalue weighted by atomic mass is 10.1. The van der Waals surface area contributed by atoms with Crippen molar-refractivity contribution in [1.29, 1.82) is 5.26 Å². The van der Waals surface area contributed by atoms with Crippen LogP contribution in [0.5, 0.6) is 5.75 Å². The fourth-order valence-electron chi connectivity index (χ4n) is 2.42. The maximum absolute atomic E-state index is 9.11. The van der Waals surface area contributed by atoms with Crippen molar-refractivity contribution < 1.29 is 4.74 Å². The summed E-state index contributed by atoms with van der Waals surface area (Å²) < 4.78 is 7.18. The van der Waals surface area contributed by atoms with Gasteiger partial charge in [0.25, 0.3) is 0 Å². The Balaban J connectivity index is 2.20. The third kappa shape index (κ3) is 2.34. The Morgan fingerprint density at radius 3 is 2.62 bits per heavy atom. The van der Waals surface area contributed by atoms with Crippen LogP contribution in [0.2, 0.25) is 0 Å². The fourth-order valence-corrected chi connectivity index (χ4v) is 2.42. The number of fused-ring (bicyclic) bond motifs is 1. The minimum absolute atomic E-state index is 0.325. The maximum atomic E-state index is 9.11. The monoisotopic (exact) mass is 277 g/mol. The second kappa shape index (κ2) is 5.29. The highest BCUT2D eigenvalue weighted by molar-refractivity contribution is 5.67. The number of rotatable bonds is 3. The van der Waals surface area contributed by atoms with Gasteiger partial charge in [0.15, 0.2) is 0 Å². The van der Waals surface area contributed by atoms with Crippen molar-refractivity contribution in [1.82, 2.24) is 9.38 Å². The van der Waals surface area contributed by atoms with Crippen LogP contribution in [-0.2, 0) is 6.42 Å². The summed E-state index contributed by atoms with van der Waals surface area (Å²) in [6.45, 7) is 2.03. The van der Waals surface area contributed by atoms with Gasteiger partial charge in [-0.15, -0.1) is 0 Å². The average molecular weight is 277 g/mol. The number of ether oxygens (including phenoxy) is 1. The zero-order valence-corrected chi connectivity index (χ0v) is 12.0. The summed E-state index contributed by atoms with van der Waals surface area (Å²) in [5.41, 5.74) is 4.76. The van der Waals surface area contributed by atoms with Crippen LogP contribution < -0.4 is 4.74 Å². The number of nitrogens with zero attached hydrogens (tertiary/aromatic N) is 3. The highest BCUT2D eigenvalue weighted by Crippen LogP contribution is 2.27. The van der Waals surface area contributed by atoms with Gasteiger partial charge in [0.1, 0.15) is 11.4 Å². The zero-order chi connectivity index (χ0) is 14.8. The number of hydrogen-bond donors (Lipinski definition) is 0. The molecule has 0 aliphatic heterocycles. The highest BCUT2D eigenvalue weighted by atomic mass is 16.5. The fraction of sp³-hybridized carbons (Fsp3) is 0.176. The van der Waals surface area contributed by atoms with Crippen molar-refractivity contribution in [3.8, 4) is 23.1 Å². The van der Waals surface area contributed by atoms with Crippen LogP contribution in [0.1, 0.15) is 11.3 Å². The van der Waals surface area contributed by atoms with Gasteiger partial charge >= 0.3 is 0 Å². The van der Waals surface area contributed by atoms with E-state index in [1.54, 1.807) is 7.11 Å². The smallest absolute Gasteiger partial charge is 0.137 e. The van der Waals surface area contributed by atoms with Crippen LogP contribution >= 0.6 is 0 Å². The van der Waals surface area contributed by atoms with E-state index in [-0.39, 0.29) is 0 Å². The van der Waals surface area contributed by atoms with E-state index in [2.05, 4.69) is 11.1 Å². The van der Waals surface area contributed by atoms with Gasteiger partial charge in [-0.3, -0.25) is 0 Å². The minimum Gasteiger partial charge on any atom is -0.497 e. The first-order valence-corrected chi connectivity index (χ1v) is 6.72. The second-order valence-corrected chi connectivity index (χ2v) is 4.91. The first kappa shape index (κ1) is 13.2. The number of nitriles is 1. The number of benzene rings is 1. The molecule has 0 radical (unpaired) electrons. The third-order valence-corrected chi connectivity index (χ3v) is 3.48. The Morgan fingerprint density at radius 2 is 1.95 bits per heavy atom. The van der Waals surface area contributed by atoms with Crippen molar-refractivity contribution in [3.63, 3.8) is 0 Å². The molecular weight excluding hydrogens is 262 g/mol. The highest BCUT2D eigenvalue weighted by Gasteiger charge is 2.13. The van der Waals surface area contributed by atoms with Gasteiger partial charge in [0.2, 0.25) is 0 Å². The van der Waals surface area contributed by atoms with E-state index >= 15 is 0 Å². The Bertz CT molecular complexity index is 826. The molecule has 0 fully saturated rings. The van der Waals surface area contributed by atoms with Crippen LogP contribution in [-0.4, -0.2) is 16.5 Å². The number of aromatic nitrogens is 2. The van der Waals surface area contributed by atoms with E-state index in [0.717, 1.165) is 33.9 Å². The number of hydrogen-bond acceptors (Lipinski definition) is 3. The van der Waals surface area contributed by atoms with E-state index in [1.807, 2.05) is 53.9 Å². The Labute approximate surface area is 123 Å². The number of pyridine rings is 1.